The van der Waals surface area contributed by atoms with Crippen LogP contribution in [-0.2, 0) is 11.3 Å². The van der Waals surface area contributed by atoms with E-state index in [-0.39, 0.29) is 29.1 Å². The van der Waals surface area contributed by atoms with Gasteiger partial charge in [0.1, 0.15) is 12.4 Å². The van der Waals surface area contributed by atoms with Gasteiger partial charge in [-0.3, -0.25) is 19.7 Å². The number of carbonyl (C=O) groups is 2. The van der Waals surface area contributed by atoms with Gasteiger partial charge in [-0.25, -0.2) is 9.18 Å². The highest BCUT2D eigenvalue weighted by atomic mass is 32.1. The van der Waals surface area contributed by atoms with Gasteiger partial charge >= 0.3 is 6.03 Å². The fourth-order valence-corrected chi connectivity index (χ4v) is 7.29. The van der Waals surface area contributed by atoms with Crippen molar-refractivity contribution in [2.24, 2.45) is 5.41 Å². The smallest absolute Gasteiger partial charge is 0.319 e. The summed E-state index contributed by atoms with van der Waals surface area (Å²) < 4.78 is 21.7. The van der Waals surface area contributed by atoms with Crippen molar-refractivity contribution in [3.8, 4) is 22.1 Å². The summed E-state index contributed by atoms with van der Waals surface area (Å²) in [6.07, 6.45) is 8.61. The first-order valence-corrected chi connectivity index (χ1v) is 16.2. The number of hydrogen-bond donors (Lipinski definition) is 3. The SMILES string of the molecule is O=C(Nc1ccc(Oc2ccnc3cc(-c4ccc(CN5CCC6(CC5)CCN(C(=O)CO)C6)cn4)sc23)c(F)c1)NC1CC1. The van der Waals surface area contributed by atoms with E-state index in [4.69, 9.17) is 9.72 Å². The average molecular weight is 631 g/mol. The molecule has 5 heterocycles. The van der Waals surface area contributed by atoms with Crippen LogP contribution in [0, 0.1) is 11.2 Å². The Hall–Kier alpha value is -4.13. The molecule has 3 fully saturated rings. The van der Waals surface area contributed by atoms with Gasteiger partial charge in [-0.05, 0) is 80.4 Å². The predicted octanol–water partition coefficient (Wildman–Crippen LogP) is 5.38. The number of ether oxygens (including phenoxy) is 1. The molecule has 0 unspecified atom stereocenters. The van der Waals surface area contributed by atoms with Crippen LogP contribution < -0.4 is 15.4 Å². The summed E-state index contributed by atoms with van der Waals surface area (Å²) in [5.74, 6) is -0.195. The molecule has 1 saturated carbocycles. The zero-order chi connectivity index (χ0) is 31.0. The first kappa shape index (κ1) is 29.6. The Kier molecular flexibility index (Phi) is 8.11. The molecule has 1 aliphatic carbocycles. The number of fused-ring (bicyclic) bond motifs is 1. The number of thiophene rings is 1. The van der Waals surface area contributed by atoms with Gasteiger partial charge in [0.2, 0.25) is 5.91 Å². The fraction of sp³-hybridized carbons (Fsp3) is 0.394. The summed E-state index contributed by atoms with van der Waals surface area (Å²) in [6.45, 7) is 3.86. The molecule has 3 aromatic heterocycles. The van der Waals surface area contributed by atoms with Crippen LogP contribution in [0.4, 0.5) is 14.9 Å². The predicted molar refractivity (Wildman–Crippen MR) is 170 cm³/mol. The largest absolute Gasteiger partial charge is 0.453 e. The van der Waals surface area contributed by atoms with Crippen molar-refractivity contribution in [1.29, 1.82) is 0 Å². The topological polar surface area (TPSA) is 120 Å². The van der Waals surface area contributed by atoms with Crippen LogP contribution in [0.2, 0.25) is 0 Å². The molecule has 0 bridgehead atoms. The first-order chi connectivity index (χ1) is 21.9. The molecule has 2 saturated heterocycles. The van der Waals surface area contributed by atoms with Gasteiger partial charge < -0.3 is 25.4 Å². The second-order valence-corrected chi connectivity index (χ2v) is 13.4. The van der Waals surface area contributed by atoms with Gasteiger partial charge in [-0.1, -0.05) is 6.07 Å². The second-order valence-electron chi connectivity index (χ2n) is 12.3. The molecule has 7 rings (SSSR count). The van der Waals surface area contributed by atoms with E-state index in [2.05, 4.69) is 26.6 Å². The molecule has 10 nitrogen and oxygen atoms in total. The molecule has 1 spiro atoms. The van der Waals surface area contributed by atoms with Crippen molar-refractivity contribution in [3.63, 3.8) is 0 Å². The number of urea groups is 1. The van der Waals surface area contributed by atoms with Crippen LogP contribution in [0.25, 0.3) is 20.8 Å². The summed E-state index contributed by atoms with van der Waals surface area (Å²) in [5, 5.41) is 14.7. The Morgan fingerprint density at radius 2 is 1.87 bits per heavy atom. The minimum Gasteiger partial charge on any atom is -0.453 e. The first-order valence-electron chi connectivity index (χ1n) is 15.4. The fourth-order valence-electron chi connectivity index (χ4n) is 6.25. The summed E-state index contributed by atoms with van der Waals surface area (Å²) >= 11 is 1.49. The molecule has 12 heteroatoms. The van der Waals surface area contributed by atoms with Crippen LogP contribution >= 0.6 is 11.3 Å². The molecule has 1 aromatic carbocycles. The number of amides is 3. The van der Waals surface area contributed by atoms with E-state index in [0.717, 1.165) is 91.2 Å². The molecule has 4 aromatic rings. The number of likely N-dealkylation sites (tertiary alicyclic amines) is 2. The van der Waals surface area contributed by atoms with E-state index in [1.165, 1.54) is 23.5 Å². The lowest BCUT2D eigenvalue weighted by Crippen LogP contribution is -2.42. The van der Waals surface area contributed by atoms with Gasteiger partial charge in [0.05, 0.1) is 20.8 Å². The van der Waals surface area contributed by atoms with Crippen LogP contribution in [0.5, 0.6) is 11.5 Å². The van der Waals surface area contributed by atoms with E-state index in [9.17, 15) is 19.1 Å². The standard InChI is InChI=1S/C33H35FN6O4S/c34-24-15-23(38-32(43)37-22-2-3-22)4-6-27(24)44-28-7-11-35-26-16-29(45-31(26)28)25-5-1-21(17-36-25)18-39-12-8-33(9-13-39)10-14-40(20-33)30(42)19-41/h1,4-7,11,15-17,22,41H,2-3,8-10,12-14,18-20H2,(H2,37,38,43). The van der Waals surface area contributed by atoms with Crippen LogP contribution in [0.1, 0.15) is 37.7 Å². The van der Waals surface area contributed by atoms with E-state index >= 15 is 0 Å². The van der Waals surface area contributed by atoms with Gasteiger partial charge in [-0.15, -0.1) is 11.3 Å². The molecule has 3 N–H and O–H groups in total. The highest BCUT2D eigenvalue weighted by Gasteiger charge is 2.41. The van der Waals surface area contributed by atoms with Crippen molar-refractivity contribution in [3.05, 3.63) is 66.2 Å². The maximum atomic E-state index is 14.9. The number of nitrogens with zero attached hydrogens (tertiary/aromatic N) is 4. The van der Waals surface area contributed by atoms with E-state index in [1.54, 1.807) is 18.3 Å². The quantitative estimate of drug-likeness (QED) is 0.239. The number of aliphatic hydroxyl groups is 1. The third-order valence-electron chi connectivity index (χ3n) is 9.02. The summed E-state index contributed by atoms with van der Waals surface area (Å²) in [6, 6.07) is 12.0. The van der Waals surface area contributed by atoms with Crippen LogP contribution in [0.15, 0.2) is 54.9 Å². The summed E-state index contributed by atoms with van der Waals surface area (Å²) in [7, 11) is 0. The lowest BCUT2D eigenvalue weighted by Gasteiger charge is -2.39. The molecule has 0 atom stereocenters. The van der Waals surface area contributed by atoms with Crippen LogP contribution in [0.3, 0.4) is 0 Å². The minimum atomic E-state index is -0.580. The zero-order valence-electron chi connectivity index (χ0n) is 24.8. The number of piperidine rings is 1. The number of halogens is 1. The Labute approximate surface area is 264 Å². The number of pyridine rings is 2. The minimum absolute atomic E-state index is 0.0561. The maximum Gasteiger partial charge on any atom is 0.319 e. The monoisotopic (exact) mass is 630 g/mol. The maximum absolute atomic E-state index is 14.9. The van der Waals surface area contributed by atoms with Gasteiger partial charge in [-0.2, -0.15) is 0 Å². The number of anilines is 1. The molecule has 2 aliphatic heterocycles. The number of rotatable bonds is 8. The van der Waals surface area contributed by atoms with Gasteiger partial charge in [0, 0.05) is 55.9 Å². The third kappa shape index (κ3) is 6.63. The highest BCUT2D eigenvalue weighted by Crippen LogP contribution is 2.41. The molecular formula is C33H35FN6O4S. The number of nitrogens with one attached hydrogen (secondary N) is 2. The normalized spacial score (nSPS) is 18.0. The summed E-state index contributed by atoms with van der Waals surface area (Å²) in [5.41, 5.74) is 3.24. The Morgan fingerprint density at radius 3 is 2.60 bits per heavy atom. The van der Waals surface area contributed by atoms with Gasteiger partial charge in [0.25, 0.3) is 0 Å². The van der Waals surface area contributed by atoms with Crippen molar-refractivity contribution in [2.45, 2.75) is 44.7 Å². The molecule has 3 aliphatic rings. The van der Waals surface area contributed by atoms with Gasteiger partial charge in [0.15, 0.2) is 11.6 Å². The highest BCUT2D eigenvalue weighted by molar-refractivity contribution is 7.22. The Morgan fingerprint density at radius 1 is 1.04 bits per heavy atom. The van der Waals surface area contributed by atoms with E-state index in [1.807, 2.05) is 23.2 Å². The second kappa shape index (κ2) is 12.3. The lowest BCUT2D eigenvalue weighted by atomic mass is 9.77. The van der Waals surface area contributed by atoms with Crippen molar-refractivity contribution >= 4 is 39.2 Å². The van der Waals surface area contributed by atoms with Crippen molar-refractivity contribution < 1.29 is 23.8 Å². The molecule has 45 heavy (non-hydrogen) atoms. The summed E-state index contributed by atoms with van der Waals surface area (Å²) in [4.78, 5) is 38.3. The number of aliphatic hydroxyl groups excluding tert-OH is 1. The molecule has 234 valence electrons. The Bertz CT molecular complexity index is 1720. The Balaban J connectivity index is 0.980. The number of benzene rings is 1. The van der Waals surface area contributed by atoms with E-state index < -0.39 is 12.4 Å². The molecule has 3 amide bonds. The molecule has 0 radical (unpaired) electrons. The number of hydrogen-bond acceptors (Lipinski definition) is 8. The lowest BCUT2D eigenvalue weighted by molar-refractivity contribution is -0.133. The number of carbonyl (C=O) groups excluding carboxylic acids is 2. The van der Waals surface area contributed by atoms with Crippen LogP contribution in [-0.4, -0.2) is 75.6 Å². The zero-order valence-corrected chi connectivity index (χ0v) is 25.6. The van der Waals surface area contributed by atoms with Crippen molar-refractivity contribution in [1.82, 2.24) is 25.1 Å². The average Bonchev–Trinajstić information content (AvgIpc) is 3.58. The van der Waals surface area contributed by atoms with Crippen molar-refractivity contribution in [2.75, 3.05) is 38.1 Å². The molecular weight excluding hydrogens is 595 g/mol. The van der Waals surface area contributed by atoms with E-state index in [0.29, 0.717) is 11.4 Å². The third-order valence-corrected chi connectivity index (χ3v) is 10.2. The number of aromatic nitrogens is 2.